The molecule has 0 amide bonds. The molecule has 0 radical (unpaired) electrons. The van der Waals surface area contributed by atoms with Crippen molar-refractivity contribution in [1.82, 2.24) is 10.6 Å². The second kappa shape index (κ2) is 11.1. The van der Waals surface area contributed by atoms with Crippen molar-refractivity contribution in [3.63, 3.8) is 0 Å². The van der Waals surface area contributed by atoms with Gasteiger partial charge in [0.05, 0.1) is 5.75 Å². The molecule has 2 N–H and O–H groups in total. The number of nitrogens with zero attached hydrogens (tertiary/aromatic N) is 1. The molecule has 0 bridgehead atoms. The lowest BCUT2D eigenvalue weighted by atomic mass is 9.92. The van der Waals surface area contributed by atoms with E-state index in [2.05, 4.69) is 64.2 Å². The van der Waals surface area contributed by atoms with E-state index in [0.717, 1.165) is 31.8 Å². The number of aliphatic imine (C=N–C) groups is 1. The molecule has 7 heteroatoms. The van der Waals surface area contributed by atoms with Gasteiger partial charge in [-0.3, -0.25) is 4.99 Å². The molecular weight excluding hydrogens is 509 g/mol. The van der Waals surface area contributed by atoms with E-state index in [0.29, 0.717) is 12.5 Å². The molecule has 164 valence electrons. The van der Waals surface area contributed by atoms with Crippen molar-refractivity contribution >= 4 is 39.8 Å². The van der Waals surface area contributed by atoms with Crippen LogP contribution in [-0.4, -0.2) is 46.5 Å². The third-order valence-electron chi connectivity index (χ3n) is 5.49. The van der Waals surface area contributed by atoms with Crippen molar-refractivity contribution in [2.75, 3.05) is 32.1 Å². The second-order valence-electron chi connectivity index (χ2n) is 8.17. The van der Waals surface area contributed by atoms with E-state index in [1.807, 2.05) is 12.1 Å². The topological polar surface area (TPSA) is 70.6 Å². The lowest BCUT2D eigenvalue weighted by Gasteiger charge is -2.22. The number of halogens is 1. The van der Waals surface area contributed by atoms with Gasteiger partial charge in [0.2, 0.25) is 0 Å². The summed E-state index contributed by atoms with van der Waals surface area (Å²) in [7, 11) is -1.22. The van der Waals surface area contributed by atoms with Gasteiger partial charge in [0.25, 0.3) is 0 Å². The molecule has 2 aromatic carbocycles. The van der Waals surface area contributed by atoms with Crippen LogP contribution in [0.3, 0.4) is 0 Å². The first-order chi connectivity index (χ1) is 13.9. The van der Waals surface area contributed by atoms with Crippen LogP contribution in [0.25, 0.3) is 0 Å². The average Bonchev–Trinajstić information content (AvgIpc) is 3.46. The zero-order chi connectivity index (χ0) is 20.7. The Bertz CT molecular complexity index is 914. The Morgan fingerprint density at radius 1 is 1.03 bits per heavy atom. The minimum atomic E-state index is -2.97. The first-order valence-electron chi connectivity index (χ1n) is 10.1. The zero-order valence-electron chi connectivity index (χ0n) is 17.7. The van der Waals surface area contributed by atoms with Gasteiger partial charge in [-0.15, -0.1) is 24.0 Å². The molecule has 1 saturated carbocycles. The molecule has 1 unspecified atom stereocenters. The van der Waals surface area contributed by atoms with E-state index in [1.54, 1.807) is 7.05 Å². The number of hydrogen-bond donors (Lipinski definition) is 2. The highest BCUT2D eigenvalue weighted by Crippen LogP contribution is 2.46. The third kappa shape index (κ3) is 7.91. The van der Waals surface area contributed by atoms with Gasteiger partial charge in [-0.2, -0.15) is 0 Å². The van der Waals surface area contributed by atoms with Crippen molar-refractivity contribution in [2.24, 2.45) is 10.4 Å². The minimum absolute atomic E-state index is 0. The summed E-state index contributed by atoms with van der Waals surface area (Å²) in [5, 5.41) is 6.78. The quantitative estimate of drug-likeness (QED) is 0.289. The van der Waals surface area contributed by atoms with E-state index >= 15 is 0 Å². The number of sulfone groups is 1. The summed E-state index contributed by atoms with van der Waals surface area (Å²) in [6.45, 7) is 1.38. The molecule has 1 fully saturated rings. The van der Waals surface area contributed by atoms with Gasteiger partial charge in [-0.25, -0.2) is 8.42 Å². The predicted octanol–water partition coefficient (Wildman–Crippen LogP) is 3.62. The number of guanidine groups is 1. The van der Waals surface area contributed by atoms with Crippen LogP contribution in [-0.2, 0) is 16.3 Å². The standard InChI is InChI=1S/C23H31N3O2S.HI/c1-24-22(26-17-23(13-14-23)18-29(2,27)28)25-16-21(20-11-7-4-8-12-20)15-19-9-5-3-6-10-19;/h3-12,21H,13-18H2,1-2H3,(H2,24,25,26);1H. The van der Waals surface area contributed by atoms with Crippen LogP contribution in [0.5, 0.6) is 0 Å². The number of hydrogen-bond acceptors (Lipinski definition) is 3. The number of nitrogens with one attached hydrogen (secondary N) is 2. The molecule has 0 aliphatic heterocycles. The Hall–Kier alpha value is -1.61. The van der Waals surface area contributed by atoms with Crippen LogP contribution < -0.4 is 10.6 Å². The summed E-state index contributed by atoms with van der Waals surface area (Å²) in [4.78, 5) is 4.33. The highest BCUT2D eigenvalue weighted by Gasteiger charge is 2.45. The summed E-state index contributed by atoms with van der Waals surface area (Å²) >= 11 is 0. The van der Waals surface area contributed by atoms with Gasteiger partial charge in [0.1, 0.15) is 9.84 Å². The molecule has 0 heterocycles. The fourth-order valence-corrected chi connectivity index (χ4v) is 5.25. The molecule has 3 rings (SSSR count). The molecule has 1 aliphatic carbocycles. The van der Waals surface area contributed by atoms with Crippen molar-refractivity contribution in [3.8, 4) is 0 Å². The van der Waals surface area contributed by atoms with Gasteiger partial charge in [-0.1, -0.05) is 60.7 Å². The van der Waals surface area contributed by atoms with E-state index < -0.39 is 9.84 Å². The maximum atomic E-state index is 11.7. The van der Waals surface area contributed by atoms with Gasteiger partial charge in [0.15, 0.2) is 5.96 Å². The Kier molecular flexibility index (Phi) is 9.15. The zero-order valence-corrected chi connectivity index (χ0v) is 20.8. The Morgan fingerprint density at radius 3 is 2.17 bits per heavy atom. The predicted molar refractivity (Wildman–Crippen MR) is 135 cm³/mol. The van der Waals surface area contributed by atoms with Crippen LogP contribution in [0, 0.1) is 5.41 Å². The van der Waals surface area contributed by atoms with Crippen LogP contribution in [0.4, 0.5) is 0 Å². The first-order valence-corrected chi connectivity index (χ1v) is 12.2. The van der Waals surface area contributed by atoms with E-state index in [4.69, 9.17) is 0 Å². The van der Waals surface area contributed by atoms with E-state index in [-0.39, 0.29) is 35.1 Å². The summed E-state index contributed by atoms with van der Waals surface area (Å²) in [6.07, 6.45) is 4.15. The number of rotatable bonds is 9. The highest BCUT2D eigenvalue weighted by atomic mass is 127. The highest BCUT2D eigenvalue weighted by molar-refractivity contribution is 14.0. The smallest absolute Gasteiger partial charge is 0.191 e. The maximum Gasteiger partial charge on any atom is 0.191 e. The first kappa shape index (κ1) is 24.7. The lowest BCUT2D eigenvalue weighted by molar-refractivity contribution is 0.527. The Labute approximate surface area is 197 Å². The fraction of sp³-hybridized carbons (Fsp3) is 0.435. The average molecular weight is 541 g/mol. The summed E-state index contributed by atoms with van der Waals surface area (Å²) in [6, 6.07) is 21.0. The van der Waals surface area contributed by atoms with E-state index in [1.165, 1.54) is 17.4 Å². The van der Waals surface area contributed by atoms with Crippen molar-refractivity contribution in [3.05, 3.63) is 71.8 Å². The van der Waals surface area contributed by atoms with Gasteiger partial charge < -0.3 is 10.6 Å². The monoisotopic (exact) mass is 541 g/mol. The molecule has 0 saturated heterocycles. The van der Waals surface area contributed by atoms with Crippen LogP contribution in [0.15, 0.2) is 65.7 Å². The largest absolute Gasteiger partial charge is 0.356 e. The fourth-order valence-electron chi connectivity index (χ4n) is 3.75. The molecule has 2 aromatic rings. The molecule has 0 aromatic heterocycles. The third-order valence-corrected chi connectivity index (χ3v) is 6.63. The van der Waals surface area contributed by atoms with Crippen LogP contribution in [0.2, 0.25) is 0 Å². The molecular formula is C23H32IN3O2S. The van der Waals surface area contributed by atoms with E-state index in [9.17, 15) is 8.42 Å². The van der Waals surface area contributed by atoms with Crippen molar-refractivity contribution in [2.45, 2.75) is 25.2 Å². The van der Waals surface area contributed by atoms with Crippen LogP contribution in [0.1, 0.15) is 29.9 Å². The van der Waals surface area contributed by atoms with Crippen molar-refractivity contribution in [1.29, 1.82) is 0 Å². The molecule has 30 heavy (non-hydrogen) atoms. The summed E-state index contributed by atoms with van der Waals surface area (Å²) in [5.74, 6) is 1.27. The van der Waals surface area contributed by atoms with Gasteiger partial charge >= 0.3 is 0 Å². The molecule has 5 nitrogen and oxygen atoms in total. The number of benzene rings is 2. The normalized spacial score (nSPS) is 16.3. The molecule has 0 spiro atoms. The summed E-state index contributed by atoms with van der Waals surface area (Å²) in [5.41, 5.74) is 2.46. The maximum absolute atomic E-state index is 11.7. The Balaban J connectivity index is 0.00000320. The SMILES string of the molecule is CN=C(NCC(Cc1ccccc1)c1ccccc1)NCC1(CS(C)(=O)=O)CC1.I. The minimum Gasteiger partial charge on any atom is -0.356 e. The van der Waals surface area contributed by atoms with Gasteiger partial charge in [-0.05, 0) is 30.4 Å². The van der Waals surface area contributed by atoms with Crippen molar-refractivity contribution < 1.29 is 8.42 Å². The molecule has 1 aliphatic rings. The second-order valence-corrected chi connectivity index (χ2v) is 10.3. The molecule has 1 atom stereocenters. The van der Waals surface area contributed by atoms with Gasteiger partial charge in [0, 0.05) is 37.7 Å². The Morgan fingerprint density at radius 2 is 1.63 bits per heavy atom. The van der Waals surface area contributed by atoms with Crippen LogP contribution >= 0.6 is 24.0 Å². The lowest BCUT2D eigenvalue weighted by Crippen LogP contribution is -2.43. The summed E-state index contributed by atoms with van der Waals surface area (Å²) < 4.78 is 23.3.